The number of aryl methyl sites for hydroxylation is 1. The van der Waals surface area contributed by atoms with Gasteiger partial charge in [-0.15, -0.1) is 0 Å². The molecule has 0 spiro atoms. The van der Waals surface area contributed by atoms with E-state index in [2.05, 4.69) is 5.16 Å². The maximum atomic E-state index is 11.7. The Labute approximate surface area is 88.2 Å². The van der Waals surface area contributed by atoms with Gasteiger partial charge in [-0.1, -0.05) is 5.16 Å². The molecular weight excluding hydrogens is 194 g/mol. The number of likely N-dealkylation sites (tertiary alicyclic amines) is 1. The molecule has 0 saturated carbocycles. The van der Waals surface area contributed by atoms with Crippen molar-refractivity contribution in [2.45, 2.75) is 32.4 Å². The van der Waals surface area contributed by atoms with Crippen LogP contribution >= 0.6 is 0 Å². The van der Waals surface area contributed by atoms with E-state index in [1.54, 1.807) is 4.90 Å². The molecule has 0 aromatic carbocycles. The Hall–Kier alpha value is -1.36. The summed E-state index contributed by atoms with van der Waals surface area (Å²) in [5.41, 5.74) is 6.48. The molecule has 1 unspecified atom stereocenters. The number of carbonyl (C=O) groups is 1. The topological polar surface area (TPSA) is 72.4 Å². The van der Waals surface area contributed by atoms with E-state index in [0.29, 0.717) is 6.54 Å². The van der Waals surface area contributed by atoms with Crippen LogP contribution in [0.15, 0.2) is 10.6 Å². The minimum atomic E-state index is -0.341. The van der Waals surface area contributed by atoms with Gasteiger partial charge in [-0.2, -0.15) is 0 Å². The fraction of sp³-hybridized carbons (Fsp3) is 0.600. The predicted octanol–water partition coefficient (Wildman–Crippen LogP) is 0.433. The van der Waals surface area contributed by atoms with Crippen LogP contribution < -0.4 is 5.73 Å². The van der Waals surface area contributed by atoms with Gasteiger partial charge in [0.1, 0.15) is 11.5 Å². The SMILES string of the molecule is Cc1cc(CN2CCCC(N)C2=O)no1. The van der Waals surface area contributed by atoms with Gasteiger partial charge in [-0.25, -0.2) is 0 Å². The zero-order valence-corrected chi connectivity index (χ0v) is 8.77. The summed E-state index contributed by atoms with van der Waals surface area (Å²) in [4.78, 5) is 13.4. The summed E-state index contributed by atoms with van der Waals surface area (Å²) in [5, 5.41) is 3.86. The molecule has 1 aromatic heterocycles. The molecule has 1 atom stereocenters. The van der Waals surface area contributed by atoms with E-state index >= 15 is 0 Å². The smallest absolute Gasteiger partial charge is 0.239 e. The van der Waals surface area contributed by atoms with Crippen LogP contribution in [0.5, 0.6) is 0 Å². The first kappa shape index (κ1) is 10.2. The van der Waals surface area contributed by atoms with E-state index in [1.165, 1.54) is 0 Å². The number of nitrogens with two attached hydrogens (primary N) is 1. The molecule has 5 heteroatoms. The van der Waals surface area contributed by atoms with E-state index in [0.717, 1.165) is 30.8 Å². The molecule has 1 fully saturated rings. The van der Waals surface area contributed by atoms with Crippen LogP contribution in [0.25, 0.3) is 0 Å². The fourth-order valence-electron chi connectivity index (χ4n) is 1.82. The molecular formula is C10H15N3O2. The molecule has 1 aromatic rings. The Balaban J connectivity index is 2.02. The van der Waals surface area contributed by atoms with Crippen LogP contribution in [-0.2, 0) is 11.3 Å². The number of amides is 1. The summed E-state index contributed by atoms with van der Waals surface area (Å²) >= 11 is 0. The molecule has 82 valence electrons. The summed E-state index contributed by atoms with van der Waals surface area (Å²) in [5.74, 6) is 0.778. The lowest BCUT2D eigenvalue weighted by Crippen LogP contribution is -2.47. The second-order valence-electron chi connectivity index (χ2n) is 3.94. The van der Waals surface area contributed by atoms with E-state index in [9.17, 15) is 4.79 Å². The molecule has 0 aliphatic carbocycles. The van der Waals surface area contributed by atoms with Crippen molar-refractivity contribution >= 4 is 5.91 Å². The molecule has 2 N–H and O–H groups in total. The maximum absolute atomic E-state index is 11.7. The third-order valence-electron chi connectivity index (χ3n) is 2.60. The largest absolute Gasteiger partial charge is 0.361 e. The molecule has 0 radical (unpaired) electrons. The fourth-order valence-corrected chi connectivity index (χ4v) is 1.82. The van der Waals surface area contributed by atoms with Crippen molar-refractivity contribution in [3.8, 4) is 0 Å². The standard InChI is InChI=1S/C10H15N3O2/c1-7-5-8(12-15-7)6-13-4-2-3-9(11)10(13)14/h5,9H,2-4,6,11H2,1H3. The van der Waals surface area contributed by atoms with Gasteiger partial charge in [-0.05, 0) is 19.8 Å². The zero-order valence-electron chi connectivity index (χ0n) is 8.77. The highest BCUT2D eigenvalue weighted by Crippen LogP contribution is 2.13. The Kier molecular flexibility index (Phi) is 2.73. The van der Waals surface area contributed by atoms with Gasteiger partial charge in [0.05, 0.1) is 12.6 Å². The van der Waals surface area contributed by atoms with Crippen LogP contribution in [0.2, 0.25) is 0 Å². The van der Waals surface area contributed by atoms with Gasteiger partial charge in [0.25, 0.3) is 0 Å². The average Bonchev–Trinajstić information content (AvgIpc) is 2.59. The lowest BCUT2D eigenvalue weighted by Gasteiger charge is -2.29. The van der Waals surface area contributed by atoms with Gasteiger partial charge in [0.2, 0.25) is 5.91 Å². The van der Waals surface area contributed by atoms with Gasteiger partial charge >= 0.3 is 0 Å². The first-order valence-electron chi connectivity index (χ1n) is 5.13. The number of aromatic nitrogens is 1. The third kappa shape index (κ3) is 2.18. The van der Waals surface area contributed by atoms with Gasteiger partial charge in [-0.3, -0.25) is 4.79 Å². The third-order valence-corrected chi connectivity index (χ3v) is 2.60. The average molecular weight is 209 g/mol. The number of rotatable bonds is 2. The van der Waals surface area contributed by atoms with E-state index in [-0.39, 0.29) is 11.9 Å². The molecule has 15 heavy (non-hydrogen) atoms. The second-order valence-corrected chi connectivity index (χ2v) is 3.94. The molecule has 5 nitrogen and oxygen atoms in total. The van der Waals surface area contributed by atoms with E-state index < -0.39 is 0 Å². The molecule has 0 bridgehead atoms. The lowest BCUT2D eigenvalue weighted by molar-refractivity contribution is -0.135. The highest BCUT2D eigenvalue weighted by atomic mass is 16.5. The normalized spacial score (nSPS) is 22.1. The van der Waals surface area contributed by atoms with Gasteiger partial charge < -0.3 is 15.2 Å². The quantitative estimate of drug-likeness (QED) is 0.766. The first-order valence-corrected chi connectivity index (χ1v) is 5.13. The van der Waals surface area contributed by atoms with Crippen molar-refractivity contribution in [2.24, 2.45) is 5.73 Å². The first-order chi connectivity index (χ1) is 7.16. The summed E-state index contributed by atoms with van der Waals surface area (Å²) in [6, 6.07) is 1.50. The van der Waals surface area contributed by atoms with Crippen molar-refractivity contribution in [2.75, 3.05) is 6.54 Å². The van der Waals surface area contributed by atoms with Gasteiger partial charge in [0, 0.05) is 12.6 Å². The Morgan fingerprint density at radius 2 is 2.53 bits per heavy atom. The summed E-state index contributed by atoms with van der Waals surface area (Å²) in [6.45, 7) is 3.10. The molecule has 1 amide bonds. The number of nitrogens with zero attached hydrogens (tertiary/aromatic N) is 2. The Bertz CT molecular complexity index is 361. The summed E-state index contributed by atoms with van der Waals surface area (Å²) in [7, 11) is 0. The van der Waals surface area contributed by atoms with Crippen LogP contribution in [0.4, 0.5) is 0 Å². The molecule has 2 heterocycles. The predicted molar refractivity (Wildman–Crippen MR) is 53.9 cm³/mol. The number of piperidine rings is 1. The summed E-state index contributed by atoms with van der Waals surface area (Å²) < 4.78 is 4.95. The molecule has 1 aliphatic rings. The van der Waals surface area contributed by atoms with Crippen molar-refractivity contribution in [3.63, 3.8) is 0 Å². The summed E-state index contributed by atoms with van der Waals surface area (Å²) in [6.07, 6.45) is 1.75. The lowest BCUT2D eigenvalue weighted by atomic mass is 10.1. The number of carbonyl (C=O) groups excluding carboxylic acids is 1. The highest BCUT2D eigenvalue weighted by molar-refractivity contribution is 5.82. The number of hydrogen-bond acceptors (Lipinski definition) is 4. The molecule has 1 saturated heterocycles. The van der Waals surface area contributed by atoms with E-state index in [1.807, 2.05) is 13.0 Å². The van der Waals surface area contributed by atoms with Crippen LogP contribution in [-0.4, -0.2) is 28.6 Å². The number of hydrogen-bond donors (Lipinski definition) is 1. The minimum Gasteiger partial charge on any atom is -0.361 e. The zero-order chi connectivity index (χ0) is 10.8. The van der Waals surface area contributed by atoms with Crippen molar-refractivity contribution in [1.82, 2.24) is 10.1 Å². The highest BCUT2D eigenvalue weighted by Gasteiger charge is 2.26. The Morgan fingerprint density at radius 1 is 1.73 bits per heavy atom. The van der Waals surface area contributed by atoms with Crippen LogP contribution in [0.3, 0.4) is 0 Å². The maximum Gasteiger partial charge on any atom is 0.239 e. The van der Waals surface area contributed by atoms with Crippen molar-refractivity contribution in [1.29, 1.82) is 0 Å². The minimum absolute atomic E-state index is 0.0157. The van der Waals surface area contributed by atoms with Crippen molar-refractivity contribution < 1.29 is 9.32 Å². The molecule has 1 aliphatic heterocycles. The molecule has 2 rings (SSSR count). The Morgan fingerprint density at radius 3 is 3.20 bits per heavy atom. The second kappa shape index (κ2) is 4.02. The van der Waals surface area contributed by atoms with Crippen LogP contribution in [0, 0.1) is 6.92 Å². The van der Waals surface area contributed by atoms with Crippen molar-refractivity contribution in [3.05, 3.63) is 17.5 Å². The monoisotopic (exact) mass is 209 g/mol. The van der Waals surface area contributed by atoms with E-state index in [4.69, 9.17) is 10.3 Å². The van der Waals surface area contributed by atoms with Gasteiger partial charge in [0.15, 0.2) is 0 Å². The van der Waals surface area contributed by atoms with Crippen LogP contribution in [0.1, 0.15) is 24.3 Å².